The number of halogens is 1. The summed E-state index contributed by atoms with van der Waals surface area (Å²) in [5.74, 6) is -0.992. The van der Waals surface area contributed by atoms with Crippen molar-refractivity contribution in [3.8, 4) is 6.07 Å². The molecule has 98 valence electrons. The SMILES string of the molecule is N#C/C(=C/c1cccc(Cl)c1)c1ccc(C(=O)O)cc1. The number of hydrogen-bond acceptors (Lipinski definition) is 2. The third kappa shape index (κ3) is 3.25. The van der Waals surface area contributed by atoms with Crippen LogP contribution in [0.3, 0.4) is 0 Å². The minimum atomic E-state index is -0.992. The van der Waals surface area contributed by atoms with E-state index in [4.69, 9.17) is 16.7 Å². The van der Waals surface area contributed by atoms with Crippen molar-refractivity contribution in [1.82, 2.24) is 0 Å². The van der Waals surface area contributed by atoms with Crippen LogP contribution < -0.4 is 0 Å². The largest absolute Gasteiger partial charge is 0.478 e. The molecule has 0 bridgehead atoms. The van der Waals surface area contributed by atoms with Crippen molar-refractivity contribution in [2.24, 2.45) is 0 Å². The number of allylic oxidation sites excluding steroid dienone is 1. The van der Waals surface area contributed by atoms with E-state index in [-0.39, 0.29) is 5.56 Å². The summed E-state index contributed by atoms with van der Waals surface area (Å²) < 4.78 is 0. The maximum atomic E-state index is 10.8. The quantitative estimate of drug-likeness (QED) is 0.681. The zero-order valence-corrected chi connectivity index (χ0v) is 11.1. The number of benzene rings is 2. The summed E-state index contributed by atoms with van der Waals surface area (Å²) >= 11 is 5.90. The fourth-order valence-corrected chi connectivity index (χ4v) is 1.93. The van der Waals surface area contributed by atoms with E-state index in [1.807, 2.05) is 6.07 Å². The first-order valence-electron chi connectivity index (χ1n) is 5.81. The number of carboxylic acids is 1. The average molecular weight is 284 g/mol. The molecule has 0 aliphatic carbocycles. The number of nitriles is 1. The molecule has 20 heavy (non-hydrogen) atoms. The van der Waals surface area contributed by atoms with Crippen LogP contribution in [0.5, 0.6) is 0 Å². The van der Waals surface area contributed by atoms with Crippen molar-refractivity contribution >= 4 is 29.2 Å². The Morgan fingerprint density at radius 2 is 1.80 bits per heavy atom. The summed E-state index contributed by atoms with van der Waals surface area (Å²) in [6.07, 6.45) is 1.71. The van der Waals surface area contributed by atoms with E-state index in [9.17, 15) is 10.1 Å². The van der Waals surface area contributed by atoms with E-state index in [0.29, 0.717) is 16.2 Å². The lowest BCUT2D eigenvalue weighted by atomic mass is 10.0. The lowest BCUT2D eigenvalue weighted by Gasteiger charge is -2.01. The van der Waals surface area contributed by atoms with Crippen molar-refractivity contribution < 1.29 is 9.90 Å². The number of carbonyl (C=O) groups is 1. The van der Waals surface area contributed by atoms with Gasteiger partial charge in [-0.1, -0.05) is 35.9 Å². The summed E-state index contributed by atoms with van der Waals surface area (Å²) in [6.45, 7) is 0. The van der Waals surface area contributed by atoms with Gasteiger partial charge in [-0.05, 0) is 41.5 Å². The molecule has 2 aromatic carbocycles. The molecule has 3 nitrogen and oxygen atoms in total. The van der Waals surface area contributed by atoms with E-state index < -0.39 is 5.97 Å². The summed E-state index contributed by atoms with van der Waals surface area (Å²) in [5.41, 5.74) is 2.12. The molecule has 4 heteroatoms. The normalized spacial score (nSPS) is 10.9. The first-order chi connectivity index (χ1) is 9.60. The van der Waals surface area contributed by atoms with Crippen molar-refractivity contribution in [2.45, 2.75) is 0 Å². The predicted molar refractivity (Wildman–Crippen MR) is 78.3 cm³/mol. The third-order valence-electron chi connectivity index (χ3n) is 2.72. The second kappa shape index (κ2) is 6.05. The number of carboxylic acid groups (broad SMARTS) is 1. The van der Waals surface area contributed by atoms with Crippen LogP contribution in [-0.2, 0) is 0 Å². The van der Waals surface area contributed by atoms with Crippen LogP contribution in [-0.4, -0.2) is 11.1 Å². The van der Waals surface area contributed by atoms with Gasteiger partial charge in [-0.3, -0.25) is 0 Å². The van der Waals surface area contributed by atoms with Crippen LogP contribution in [0, 0.1) is 11.3 Å². The van der Waals surface area contributed by atoms with Gasteiger partial charge in [-0.15, -0.1) is 0 Å². The van der Waals surface area contributed by atoms with Crippen LogP contribution in [0.25, 0.3) is 11.6 Å². The number of rotatable bonds is 3. The smallest absolute Gasteiger partial charge is 0.335 e. The molecule has 2 rings (SSSR count). The van der Waals surface area contributed by atoms with Gasteiger partial charge in [-0.2, -0.15) is 5.26 Å². The standard InChI is InChI=1S/C16H10ClNO2/c17-15-3-1-2-11(9-15)8-14(10-18)12-4-6-13(7-5-12)16(19)20/h1-9H,(H,19,20)/b14-8-. The van der Waals surface area contributed by atoms with Crippen LogP contribution in [0.1, 0.15) is 21.5 Å². The second-order valence-electron chi connectivity index (χ2n) is 4.11. The van der Waals surface area contributed by atoms with Gasteiger partial charge >= 0.3 is 5.97 Å². The molecule has 0 aromatic heterocycles. The summed E-state index contributed by atoms with van der Waals surface area (Å²) in [5, 5.41) is 18.7. The van der Waals surface area contributed by atoms with Crippen LogP contribution in [0.15, 0.2) is 48.5 Å². The van der Waals surface area contributed by atoms with Gasteiger partial charge in [0.1, 0.15) is 0 Å². The predicted octanol–water partition coefficient (Wildman–Crippen LogP) is 4.10. The van der Waals surface area contributed by atoms with Gasteiger partial charge in [0, 0.05) is 5.02 Å². The molecule has 0 spiro atoms. The number of nitrogens with zero attached hydrogens (tertiary/aromatic N) is 1. The van der Waals surface area contributed by atoms with Gasteiger partial charge in [-0.25, -0.2) is 4.79 Å². The fraction of sp³-hybridized carbons (Fsp3) is 0. The van der Waals surface area contributed by atoms with Crippen LogP contribution in [0.2, 0.25) is 5.02 Å². The molecule has 0 aliphatic rings. The summed E-state index contributed by atoms with van der Waals surface area (Å²) in [7, 11) is 0. The minimum Gasteiger partial charge on any atom is -0.478 e. The molecule has 0 saturated carbocycles. The Balaban J connectivity index is 2.37. The molecule has 0 amide bonds. The van der Waals surface area contributed by atoms with Crippen LogP contribution in [0.4, 0.5) is 0 Å². The van der Waals surface area contributed by atoms with E-state index in [1.165, 1.54) is 12.1 Å². The third-order valence-corrected chi connectivity index (χ3v) is 2.96. The zero-order valence-electron chi connectivity index (χ0n) is 10.4. The zero-order chi connectivity index (χ0) is 14.5. The van der Waals surface area contributed by atoms with Gasteiger partial charge in [0.25, 0.3) is 0 Å². The number of hydrogen-bond donors (Lipinski definition) is 1. The maximum Gasteiger partial charge on any atom is 0.335 e. The van der Waals surface area contributed by atoms with E-state index in [1.54, 1.807) is 36.4 Å². The molecule has 0 saturated heterocycles. The van der Waals surface area contributed by atoms with Gasteiger partial charge in [0.05, 0.1) is 17.2 Å². The summed E-state index contributed by atoms with van der Waals surface area (Å²) in [6, 6.07) is 15.4. The lowest BCUT2D eigenvalue weighted by molar-refractivity contribution is 0.0697. The highest BCUT2D eigenvalue weighted by atomic mass is 35.5. The van der Waals surface area contributed by atoms with Gasteiger partial charge < -0.3 is 5.11 Å². The molecule has 0 fully saturated rings. The maximum absolute atomic E-state index is 10.8. The molecule has 0 aliphatic heterocycles. The fourth-order valence-electron chi connectivity index (χ4n) is 1.74. The Morgan fingerprint density at radius 1 is 1.15 bits per heavy atom. The average Bonchev–Trinajstić information content (AvgIpc) is 2.45. The van der Waals surface area contributed by atoms with Gasteiger partial charge in [0.2, 0.25) is 0 Å². The molecular formula is C16H10ClNO2. The Labute approximate surface area is 121 Å². The monoisotopic (exact) mass is 283 g/mol. The molecule has 2 aromatic rings. The highest BCUT2D eigenvalue weighted by molar-refractivity contribution is 6.30. The molecule has 0 heterocycles. The molecule has 1 N–H and O–H groups in total. The van der Waals surface area contributed by atoms with Crippen LogP contribution >= 0.6 is 11.6 Å². The first kappa shape index (κ1) is 13.9. The topological polar surface area (TPSA) is 61.1 Å². The Bertz CT molecular complexity index is 712. The summed E-state index contributed by atoms with van der Waals surface area (Å²) in [4.78, 5) is 10.8. The van der Waals surface area contributed by atoms with Crippen molar-refractivity contribution in [1.29, 1.82) is 5.26 Å². The van der Waals surface area contributed by atoms with E-state index in [2.05, 4.69) is 6.07 Å². The lowest BCUT2D eigenvalue weighted by Crippen LogP contribution is -1.95. The van der Waals surface area contributed by atoms with Crippen molar-refractivity contribution in [2.75, 3.05) is 0 Å². The Morgan fingerprint density at radius 3 is 2.35 bits per heavy atom. The molecule has 0 unspecified atom stereocenters. The van der Waals surface area contributed by atoms with Crippen molar-refractivity contribution in [3.05, 3.63) is 70.2 Å². The molecular weight excluding hydrogens is 274 g/mol. The van der Waals surface area contributed by atoms with E-state index in [0.717, 1.165) is 5.56 Å². The highest BCUT2D eigenvalue weighted by Crippen LogP contribution is 2.20. The number of aromatic carboxylic acids is 1. The first-order valence-corrected chi connectivity index (χ1v) is 6.19. The minimum absolute atomic E-state index is 0.189. The molecule has 0 atom stereocenters. The second-order valence-corrected chi connectivity index (χ2v) is 4.54. The Hall–Kier alpha value is -2.57. The van der Waals surface area contributed by atoms with Crippen molar-refractivity contribution in [3.63, 3.8) is 0 Å². The van der Waals surface area contributed by atoms with Gasteiger partial charge in [0.15, 0.2) is 0 Å². The molecule has 0 radical (unpaired) electrons. The van der Waals surface area contributed by atoms with E-state index >= 15 is 0 Å². The highest BCUT2D eigenvalue weighted by Gasteiger charge is 2.05. The Kier molecular flexibility index (Phi) is 4.19.